The van der Waals surface area contributed by atoms with Crippen molar-refractivity contribution >= 4 is 6.09 Å². The average molecular weight is 225 g/mol. The maximum atomic E-state index is 11.7. The SMILES string of the molecule is Cn1cc(OC(=O)N2CCCCC2)c(=O)[nH]1. The van der Waals surface area contributed by atoms with Crippen molar-refractivity contribution in [3.63, 3.8) is 0 Å². The van der Waals surface area contributed by atoms with Gasteiger partial charge in [0, 0.05) is 20.1 Å². The summed E-state index contributed by atoms with van der Waals surface area (Å²) in [6, 6.07) is 0. The number of amides is 1. The van der Waals surface area contributed by atoms with Gasteiger partial charge in [0.2, 0.25) is 5.75 Å². The van der Waals surface area contributed by atoms with E-state index in [2.05, 4.69) is 5.10 Å². The van der Waals surface area contributed by atoms with Crippen molar-refractivity contribution in [1.29, 1.82) is 0 Å². The summed E-state index contributed by atoms with van der Waals surface area (Å²) in [6.45, 7) is 1.42. The van der Waals surface area contributed by atoms with Gasteiger partial charge in [-0.15, -0.1) is 0 Å². The second-order valence-corrected chi connectivity index (χ2v) is 3.96. The van der Waals surface area contributed by atoms with E-state index in [1.54, 1.807) is 11.9 Å². The number of rotatable bonds is 1. The third-order valence-electron chi connectivity index (χ3n) is 2.62. The van der Waals surface area contributed by atoms with Crippen molar-refractivity contribution in [2.24, 2.45) is 7.05 Å². The van der Waals surface area contributed by atoms with Crippen LogP contribution in [0.15, 0.2) is 11.0 Å². The van der Waals surface area contributed by atoms with Crippen LogP contribution in [0.5, 0.6) is 5.75 Å². The van der Waals surface area contributed by atoms with Crippen molar-refractivity contribution in [3.8, 4) is 5.75 Å². The number of hydrogen-bond donors (Lipinski definition) is 1. The number of piperidine rings is 1. The minimum atomic E-state index is -0.434. The topological polar surface area (TPSA) is 67.3 Å². The predicted octanol–water partition coefficient (Wildman–Crippen LogP) is 0.698. The van der Waals surface area contributed by atoms with Crippen LogP contribution in [0.25, 0.3) is 0 Å². The summed E-state index contributed by atoms with van der Waals surface area (Å²) >= 11 is 0. The highest BCUT2D eigenvalue weighted by atomic mass is 16.6. The Morgan fingerprint density at radius 1 is 1.38 bits per heavy atom. The minimum Gasteiger partial charge on any atom is -0.403 e. The third kappa shape index (κ3) is 2.26. The molecule has 0 atom stereocenters. The van der Waals surface area contributed by atoms with Gasteiger partial charge in [0.05, 0.1) is 6.20 Å². The first-order chi connectivity index (χ1) is 7.66. The number of aryl methyl sites for hydroxylation is 1. The van der Waals surface area contributed by atoms with E-state index in [-0.39, 0.29) is 11.3 Å². The number of hydrogen-bond acceptors (Lipinski definition) is 3. The molecular weight excluding hydrogens is 210 g/mol. The second-order valence-electron chi connectivity index (χ2n) is 3.96. The van der Waals surface area contributed by atoms with E-state index < -0.39 is 6.09 Å². The van der Waals surface area contributed by atoms with Gasteiger partial charge in [0.25, 0.3) is 0 Å². The zero-order chi connectivity index (χ0) is 11.5. The molecule has 2 heterocycles. The van der Waals surface area contributed by atoms with E-state index >= 15 is 0 Å². The van der Waals surface area contributed by atoms with Crippen LogP contribution in [-0.2, 0) is 7.05 Å². The molecular formula is C10H15N3O3. The smallest absolute Gasteiger partial charge is 0.403 e. The fourth-order valence-corrected chi connectivity index (χ4v) is 1.79. The molecule has 1 aliphatic rings. The summed E-state index contributed by atoms with van der Waals surface area (Å²) in [7, 11) is 1.67. The molecule has 0 aromatic carbocycles. The number of aromatic amines is 1. The van der Waals surface area contributed by atoms with Gasteiger partial charge in [-0.3, -0.25) is 14.6 Å². The van der Waals surface area contributed by atoms with Crippen molar-refractivity contribution in [1.82, 2.24) is 14.7 Å². The first-order valence-electron chi connectivity index (χ1n) is 5.39. The zero-order valence-electron chi connectivity index (χ0n) is 9.23. The number of ether oxygens (including phenoxy) is 1. The molecule has 1 aliphatic heterocycles. The summed E-state index contributed by atoms with van der Waals surface area (Å²) in [4.78, 5) is 24.6. The molecule has 88 valence electrons. The fraction of sp³-hybridized carbons (Fsp3) is 0.600. The van der Waals surface area contributed by atoms with Crippen LogP contribution in [0, 0.1) is 0 Å². The molecule has 1 N–H and O–H groups in total. The highest BCUT2D eigenvalue weighted by Gasteiger charge is 2.19. The van der Waals surface area contributed by atoms with E-state index in [1.165, 1.54) is 10.9 Å². The molecule has 6 nitrogen and oxygen atoms in total. The Balaban J connectivity index is 2.01. The van der Waals surface area contributed by atoms with Crippen molar-refractivity contribution in [2.75, 3.05) is 13.1 Å². The molecule has 2 rings (SSSR count). The highest BCUT2D eigenvalue weighted by molar-refractivity contribution is 5.70. The third-order valence-corrected chi connectivity index (χ3v) is 2.62. The van der Waals surface area contributed by atoms with Gasteiger partial charge < -0.3 is 9.64 Å². The van der Waals surface area contributed by atoms with Crippen molar-refractivity contribution in [2.45, 2.75) is 19.3 Å². The van der Waals surface area contributed by atoms with Crippen LogP contribution >= 0.6 is 0 Å². The monoisotopic (exact) mass is 225 g/mol. The van der Waals surface area contributed by atoms with Gasteiger partial charge >= 0.3 is 11.7 Å². The summed E-state index contributed by atoms with van der Waals surface area (Å²) in [5.41, 5.74) is -0.382. The Morgan fingerprint density at radius 2 is 2.06 bits per heavy atom. The molecule has 1 aromatic rings. The van der Waals surface area contributed by atoms with E-state index in [1.807, 2.05) is 0 Å². The lowest BCUT2D eigenvalue weighted by atomic mass is 10.1. The Labute approximate surface area is 92.8 Å². The summed E-state index contributed by atoms with van der Waals surface area (Å²) in [6.07, 6.45) is 4.18. The Morgan fingerprint density at radius 3 is 2.62 bits per heavy atom. The van der Waals surface area contributed by atoms with Gasteiger partial charge in [-0.25, -0.2) is 4.79 Å². The van der Waals surface area contributed by atoms with E-state index in [4.69, 9.17) is 4.74 Å². The molecule has 16 heavy (non-hydrogen) atoms. The summed E-state index contributed by atoms with van der Waals surface area (Å²) in [5.74, 6) is 0.0538. The largest absolute Gasteiger partial charge is 0.415 e. The molecule has 0 saturated carbocycles. The maximum Gasteiger partial charge on any atom is 0.415 e. The van der Waals surface area contributed by atoms with Crippen molar-refractivity contribution < 1.29 is 9.53 Å². The number of carbonyl (C=O) groups excluding carboxylic acids is 1. The molecule has 0 aliphatic carbocycles. The Bertz CT molecular complexity index is 429. The van der Waals surface area contributed by atoms with Crippen LogP contribution in [0.2, 0.25) is 0 Å². The normalized spacial score (nSPS) is 16.2. The maximum absolute atomic E-state index is 11.7. The van der Waals surface area contributed by atoms with Gasteiger partial charge in [-0.05, 0) is 19.3 Å². The molecule has 1 fully saturated rings. The lowest BCUT2D eigenvalue weighted by molar-refractivity contribution is 0.142. The zero-order valence-corrected chi connectivity index (χ0v) is 9.23. The van der Waals surface area contributed by atoms with Gasteiger partial charge in [-0.1, -0.05) is 0 Å². The van der Waals surface area contributed by atoms with Gasteiger partial charge in [0.1, 0.15) is 0 Å². The van der Waals surface area contributed by atoms with Crippen LogP contribution in [0.4, 0.5) is 4.79 Å². The number of nitrogens with one attached hydrogen (secondary N) is 1. The number of H-pyrrole nitrogens is 1. The average Bonchev–Trinajstić information content (AvgIpc) is 2.59. The highest BCUT2D eigenvalue weighted by Crippen LogP contribution is 2.11. The number of nitrogens with zero attached hydrogens (tertiary/aromatic N) is 2. The molecule has 0 spiro atoms. The first-order valence-corrected chi connectivity index (χ1v) is 5.39. The number of likely N-dealkylation sites (tertiary alicyclic amines) is 1. The molecule has 1 aromatic heterocycles. The van der Waals surface area contributed by atoms with Crippen LogP contribution < -0.4 is 10.3 Å². The predicted molar refractivity (Wildman–Crippen MR) is 57.5 cm³/mol. The first kappa shape index (κ1) is 10.8. The lowest BCUT2D eigenvalue weighted by Crippen LogP contribution is -2.38. The lowest BCUT2D eigenvalue weighted by Gasteiger charge is -2.25. The number of aromatic nitrogens is 2. The van der Waals surface area contributed by atoms with Crippen LogP contribution in [0.1, 0.15) is 19.3 Å². The van der Waals surface area contributed by atoms with E-state index in [0.717, 1.165) is 19.3 Å². The van der Waals surface area contributed by atoms with E-state index in [9.17, 15) is 9.59 Å². The van der Waals surface area contributed by atoms with Crippen LogP contribution in [-0.4, -0.2) is 33.9 Å². The van der Waals surface area contributed by atoms with Gasteiger partial charge in [0.15, 0.2) is 0 Å². The standard InChI is InChI=1S/C10H15N3O3/c1-12-7-8(9(14)11-12)16-10(15)13-5-3-2-4-6-13/h7H,2-6H2,1H3,(H,11,14). The summed E-state index contributed by atoms with van der Waals surface area (Å²) in [5, 5.41) is 2.48. The Kier molecular flexibility index (Phi) is 2.98. The fourth-order valence-electron chi connectivity index (χ4n) is 1.79. The summed E-state index contributed by atoms with van der Waals surface area (Å²) < 4.78 is 6.49. The second kappa shape index (κ2) is 4.42. The molecule has 1 saturated heterocycles. The molecule has 6 heteroatoms. The quantitative estimate of drug-likeness (QED) is 0.765. The molecule has 0 unspecified atom stereocenters. The minimum absolute atomic E-state index is 0.0538. The number of carbonyl (C=O) groups is 1. The van der Waals surface area contributed by atoms with Crippen LogP contribution in [0.3, 0.4) is 0 Å². The van der Waals surface area contributed by atoms with Crippen molar-refractivity contribution in [3.05, 3.63) is 16.6 Å². The Hall–Kier alpha value is -1.72. The molecule has 1 amide bonds. The van der Waals surface area contributed by atoms with E-state index in [0.29, 0.717) is 13.1 Å². The molecule has 0 radical (unpaired) electrons. The van der Waals surface area contributed by atoms with Gasteiger partial charge in [-0.2, -0.15) is 0 Å². The molecule has 0 bridgehead atoms.